The number of hydrogen-bond donors (Lipinski definition) is 1. The third kappa shape index (κ3) is 1.72. The molecule has 98 valence electrons. The lowest BCUT2D eigenvalue weighted by Crippen LogP contribution is -2.37. The minimum Gasteiger partial charge on any atom is -0.397 e. The quantitative estimate of drug-likeness (QED) is 0.855. The fourth-order valence-electron chi connectivity index (χ4n) is 2.75. The number of hydrogen-bond acceptors (Lipinski definition) is 3. The highest BCUT2D eigenvalue weighted by Crippen LogP contribution is 2.65. The van der Waals surface area contributed by atoms with Gasteiger partial charge in [0, 0.05) is 24.9 Å². The first-order chi connectivity index (χ1) is 8.44. The van der Waals surface area contributed by atoms with Gasteiger partial charge in [0.2, 0.25) is 0 Å². The van der Waals surface area contributed by atoms with Gasteiger partial charge in [-0.05, 0) is 18.9 Å². The Morgan fingerprint density at radius 1 is 1.33 bits per heavy atom. The molecule has 3 nitrogen and oxygen atoms in total. The molecule has 0 unspecified atom stereocenters. The van der Waals surface area contributed by atoms with Crippen LogP contribution in [0.3, 0.4) is 0 Å². The van der Waals surface area contributed by atoms with Gasteiger partial charge in [0.1, 0.15) is 5.82 Å². The molecule has 1 spiro atoms. The largest absolute Gasteiger partial charge is 0.397 e. The van der Waals surface area contributed by atoms with Crippen molar-refractivity contribution in [3.63, 3.8) is 0 Å². The lowest BCUT2D eigenvalue weighted by atomic mass is 9.93. The molecule has 0 amide bonds. The van der Waals surface area contributed by atoms with E-state index >= 15 is 0 Å². The topological polar surface area (TPSA) is 42.1 Å². The van der Waals surface area contributed by atoms with Crippen LogP contribution in [0.15, 0.2) is 12.3 Å². The average molecular weight is 274 g/mol. The van der Waals surface area contributed by atoms with Crippen molar-refractivity contribution in [2.75, 3.05) is 23.7 Å². The van der Waals surface area contributed by atoms with E-state index in [4.69, 9.17) is 17.3 Å². The predicted molar refractivity (Wildman–Crippen MR) is 67.1 cm³/mol. The Morgan fingerprint density at radius 2 is 1.94 bits per heavy atom. The van der Waals surface area contributed by atoms with Crippen LogP contribution in [0.4, 0.5) is 20.3 Å². The molecule has 0 radical (unpaired) electrons. The van der Waals surface area contributed by atoms with Crippen molar-refractivity contribution in [1.82, 2.24) is 4.98 Å². The Kier molecular flexibility index (Phi) is 2.46. The molecule has 1 aromatic heterocycles. The van der Waals surface area contributed by atoms with Crippen molar-refractivity contribution in [3.05, 3.63) is 17.3 Å². The monoisotopic (exact) mass is 273 g/mol. The molecule has 1 aromatic rings. The molecule has 2 fully saturated rings. The van der Waals surface area contributed by atoms with Gasteiger partial charge >= 0.3 is 0 Å². The molecular weight excluding hydrogens is 260 g/mol. The summed E-state index contributed by atoms with van der Waals surface area (Å²) in [5.41, 5.74) is 5.34. The third-order valence-corrected chi connectivity index (χ3v) is 4.35. The van der Waals surface area contributed by atoms with Crippen molar-refractivity contribution in [1.29, 1.82) is 0 Å². The van der Waals surface area contributed by atoms with Crippen molar-refractivity contribution in [3.8, 4) is 0 Å². The van der Waals surface area contributed by atoms with E-state index in [1.807, 2.05) is 4.90 Å². The summed E-state index contributed by atoms with van der Waals surface area (Å²) in [4.78, 5) is 6.15. The number of alkyl halides is 2. The Balaban J connectivity index is 1.73. The van der Waals surface area contributed by atoms with E-state index < -0.39 is 11.3 Å². The van der Waals surface area contributed by atoms with Crippen LogP contribution in [-0.4, -0.2) is 24.0 Å². The van der Waals surface area contributed by atoms with Gasteiger partial charge in [-0.1, -0.05) is 11.6 Å². The van der Waals surface area contributed by atoms with E-state index in [1.165, 1.54) is 6.20 Å². The van der Waals surface area contributed by atoms with E-state index in [0.717, 1.165) is 0 Å². The number of halogens is 3. The molecule has 2 aliphatic rings. The highest BCUT2D eigenvalue weighted by Gasteiger charge is 2.70. The van der Waals surface area contributed by atoms with Crippen LogP contribution in [0.5, 0.6) is 0 Å². The van der Waals surface area contributed by atoms with Crippen molar-refractivity contribution < 1.29 is 8.78 Å². The first kappa shape index (κ1) is 12.0. The van der Waals surface area contributed by atoms with Crippen molar-refractivity contribution >= 4 is 23.1 Å². The second-order valence-corrected chi connectivity index (χ2v) is 5.63. The van der Waals surface area contributed by atoms with Gasteiger partial charge in [-0.3, -0.25) is 0 Å². The van der Waals surface area contributed by atoms with Gasteiger partial charge in [-0.25, -0.2) is 13.8 Å². The van der Waals surface area contributed by atoms with Crippen LogP contribution >= 0.6 is 11.6 Å². The molecule has 3 rings (SSSR count). The number of pyridine rings is 1. The summed E-state index contributed by atoms with van der Waals surface area (Å²) in [6, 6.07) is 1.64. The van der Waals surface area contributed by atoms with Crippen LogP contribution in [0.2, 0.25) is 5.02 Å². The molecule has 0 bridgehead atoms. The maximum atomic E-state index is 13.3. The number of aromatic nitrogens is 1. The molecule has 1 aliphatic carbocycles. The molecular formula is C12H14ClF2N3. The highest BCUT2D eigenvalue weighted by molar-refractivity contribution is 6.33. The highest BCUT2D eigenvalue weighted by atomic mass is 35.5. The van der Waals surface area contributed by atoms with Gasteiger partial charge in [0.15, 0.2) is 0 Å². The molecule has 0 atom stereocenters. The van der Waals surface area contributed by atoms with E-state index in [2.05, 4.69) is 4.98 Å². The fraction of sp³-hybridized carbons (Fsp3) is 0.583. The lowest BCUT2D eigenvalue weighted by molar-refractivity contribution is 0.0536. The molecule has 0 aromatic carbocycles. The fourth-order valence-corrected chi connectivity index (χ4v) is 3.04. The number of piperidine rings is 1. The number of nitrogens with two attached hydrogens (primary N) is 1. The van der Waals surface area contributed by atoms with Gasteiger partial charge in [-0.15, -0.1) is 0 Å². The summed E-state index contributed by atoms with van der Waals surface area (Å²) in [7, 11) is 0. The minimum absolute atomic E-state index is 0.0384. The van der Waals surface area contributed by atoms with Crippen LogP contribution < -0.4 is 10.6 Å². The van der Waals surface area contributed by atoms with Gasteiger partial charge < -0.3 is 10.6 Å². The normalized spacial score (nSPS) is 24.3. The second-order valence-electron chi connectivity index (χ2n) is 5.22. The summed E-state index contributed by atoms with van der Waals surface area (Å²) in [5, 5.41) is 0.480. The SMILES string of the molecule is Nc1cnc(N2CCC3(CC2)CC3(F)F)c(Cl)c1. The first-order valence-corrected chi connectivity index (χ1v) is 6.35. The van der Waals surface area contributed by atoms with Crippen LogP contribution in [0.25, 0.3) is 0 Å². The molecule has 2 heterocycles. The smallest absolute Gasteiger partial charge is 0.254 e. The molecule has 18 heavy (non-hydrogen) atoms. The predicted octanol–water partition coefficient (Wildman–Crippen LogP) is 2.94. The standard InChI is InChI=1S/C12H14ClF2N3/c13-9-5-8(16)6-17-10(9)18-3-1-11(2-4-18)7-12(11,14)15/h5-6H,1-4,7,16H2. The number of nitrogen functional groups attached to an aromatic ring is 1. The summed E-state index contributed by atoms with van der Waals surface area (Å²) in [6.07, 6.45) is 2.58. The number of nitrogens with zero attached hydrogens (tertiary/aromatic N) is 2. The average Bonchev–Trinajstić information content (AvgIpc) is 2.82. The summed E-state index contributed by atoms with van der Waals surface area (Å²) in [6.45, 7) is 1.15. The van der Waals surface area contributed by atoms with Gasteiger partial charge in [0.05, 0.1) is 16.9 Å². The van der Waals surface area contributed by atoms with E-state index in [9.17, 15) is 8.78 Å². The zero-order valence-corrected chi connectivity index (χ0v) is 10.6. The zero-order chi connectivity index (χ0) is 13.0. The van der Waals surface area contributed by atoms with Crippen molar-refractivity contribution in [2.24, 2.45) is 5.41 Å². The minimum atomic E-state index is -2.46. The van der Waals surface area contributed by atoms with Gasteiger partial charge in [-0.2, -0.15) is 0 Å². The molecule has 6 heteroatoms. The maximum Gasteiger partial charge on any atom is 0.254 e. The Morgan fingerprint density at radius 3 is 2.44 bits per heavy atom. The summed E-state index contributed by atoms with van der Waals surface area (Å²) in [5.74, 6) is -1.82. The Labute approximate surface area is 109 Å². The summed E-state index contributed by atoms with van der Waals surface area (Å²) >= 11 is 6.07. The Hall–Kier alpha value is -1.10. The molecule has 2 N–H and O–H groups in total. The van der Waals surface area contributed by atoms with Crippen LogP contribution in [0, 0.1) is 5.41 Å². The third-order valence-electron chi connectivity index (χ3n) is 4.07. The second kappa shape index (κ2) is 3.70. The van der Waals surface area contributed by atoms with Crippen LogP contribution in [0.1, 0.15) is 19.3 Å². The molecule has 1 saturated carbocycles. The summed E-state index contributed by atoms with van der Waals surface area (Å²) < 4.78 is 26.5. The number of rotatable bonds is 1. The van der Waals surface area contributed by atoms with Crippen molar-refractivity contribution in [2.45, 2.75) is 25.2 Å². The molecule has 1 aliphatic heterocycles. The van der Waals surface area contributed by atoms with E-state index in [0.29, 0.717) is 42.5 Å². The van der Waals surface area contributed by atoms with Gasteiger partial charge in [0.25, 0.3) is 5.92 Å². The molecule has 1 saturated heterocycles. The van der Waals surface area contributed by atoms with E-state index in [-0.39, 0.29) is 6.42 Å². The lowest BCUT2D eigenvalue weighted by Gasteiger charge is -2.33. The van der Waals surface area contributed by atoms with Crippen LogP contribution in [-0.2, 0) is 0 Å². The van der Waals surface area contributed by atoms with E-state index in [1.54, 1.807) is 6.07 Å². The maximum absolute atomic E-state index is 13.3. The number of anilines is 2. The zero-order valence-electron chi connectivity index (χ0n) is 9.80. The Bertz CT molecular complexity index is 484. The first-order valence-electron chi connectivity index (χ1n) is 5.97.